The Kier molecular flexibility index (Phi) is 4.81. The average molecular weight is 286 g/mol. The van der Waals surface area contributed by atoms with Crippen LogP contribution in [0.25, 0.3) is 0 Å². The van der Waals surface area contributed by atoms with Crippen LogP contribution in [0.5, 0.6) is 5.75 Å². The molecule has 0 aromatic heterocycles. The van der Waals surface area contributed by atoms with Crippen LogP contribution >= 0.6 is 15.9 Å². The van der Waals surface area contributed by atoms with Gasteiger partial charge in [-0.05, 0) is 43.0 Å². The van der Waals surface area contributed by atoms with Gasteiger partial charge in [0.25, 0.3) is 0 Å². The van der Waals surface area contributed by atoms with E-state index in [-0.39, 0.29) is 5.41 Å². The summed E-state index contributed by atoms with van der Waals surface area (Å²) in [6, 6.07) is 6.16. The number of halogens is 1. The standard InChI is InChI=1S/C13H20BrNO/c1-4-16-10-5-6-11(12(14)9-10)13(2,3)7-8-15/h5-6,9H,4,7-8,15H2,1-3H3. The van der Waals surface area contributed by atoms with Gasteiger partial charge in [0.15, 0.2) is 0 Å². The first kappa shape index (κ1) is 13.5. The number of rotatable bonds is 5. The van der Waals surface area contributed by atoms with Crippen LogP contribution < -0.4 is 10.5 Å². The van der Waals surface area contributed by atoms with Crippen LogP contribution in [0.15, 0.2) is 22.7 Å². The minimum absolute atomic E-state index is 0.0956. The lowest BCUT2D eigenvalue weighted by molar-refractivity contribution is 0.339. The molecular formula is C13H20BrNO. The Labute approximate surface area is 106 Å². The first-order valence-corrected chi connectivity index (χ1v) is 6.43. The number of hydrogen-bond donors (Lipinski definition) is 1. The van der Waals surface area contributed by atoms with Crippen molar-refractivity contribution in [3.63, 3.8) is 0 Å². The van der Waals surface area contributed by atoms with E-state index in [0.717, 1.165) is 16.6 Å². The third-order valence-electron chi connectivity index (χ3n) is 2.75. The molecule has 0 atom stereocenters. The minimum atomic E-state index is 0.0956. The van der Waals surface area contributed by atoms with Crippen molar-refractivity contribution in [2.75, 3.05) is 13.2 Å². The maximum atomic E-state index is 5.64. The molecule has 1 aromatic carbocycles. The summed E-state index contributed by atoms with van der Waals surface area (Å²) in [5.41, 5.74) is 7.01. The average Bonchev–Trinajstić information content (AvgIpc) is 2.17. The molecule has 90 valence electrons. The van der Waals surface area contributed by atoms with Gasteiger partial charge in [0.1, 0.15) is 5.75 Å². The molecule has 0 fully saturated rings. The highest BCUT2D eigenvalue weighted by Crippen LogP contribution is 2.34. The minimum Gasteiger partial charge on any atom is -0.494 e. The lowest BCUT2D eigenvalue weighted by Crippen LogP contribution is -2.22. The van der Waals surface area contributed by atoms with Crippen molar-refractivity contribution >= 4 is 15.9 Å². The number of hydrogen-bond acceptors (Lipinski definition) is 2. The predicted octanol–water partition coefficient (Wildman–Crippen LogP) is 3.47. The molecule has 0 aliphatic carbocycles. The van der Waals surface area contributed by atoms with E-state index in [2.05, 4.69) is 35.8 Å². The summed E-state index contributed by atoms with van der Waals surface area (Å²) in [5.74, 6) is 0.904. The lowest BCUT2D eigenvalue weighted by atomic mass is 9.81. The summed E-state index contributed by atoms with van der Waals surface area (Å²) < 4.78 is 6.55. The zero-order chi connectivity index (χ0) is 12.2. The molecule has 0 bridgehead atoms. The van der Waals surface area contributed by atoms with Gasteiger partial charge >= 0.3 is 0 Å². The molecule has 2 N–H and O–H groups in total. The molecule has 0 aliphatic rings. The second-order valence-electron chi connectivity index (χ2n) is 4.50. The quantitative estimate of drug-likeness (QED) is 0.899. The Hall–Kier alpha value is -0.540. The lowest BCUT2D eigenvalue weighted by Gasteiger charge is -2.26. The smallest absolute Gasteiger partial charge is 0.120 e. The molecule has 1 rings (SSSR count). The van der Waals surface area contributed by atoms with E-state index in [4.69, 9.17) is 10.5 Å². The molecule has 0 unspecified atom stereocenters. The van der Waals surface area contributed by atoms with E-state index in [0.29, 0.717) is 13.2 Å². The molecule has 0 spiro atoms. The molecule has 0 amide bonds. The van der Waals surface area contributed by atoms with Crippen LogP contribution in [0.4, 0.5) is 0 Å². The van der Waals surface area contributed by atoms with Gasteiger partial charge in [-0.3, -0.25) is 0 Å². The fourth-order valence-corrected chi connectivity index (χ4v) is 2.69. The van der Waals surface area contributed by atoms with Gasteiger partial charge in [-0.25, -0.2) is 0 Å². The molecule has 0 heterocycles. The molecule has 0 aliphatic heterocycles. The van der Waals surface area contributed by atoms with E-state index in [1.807, 2.05) is 19.1 Å². The van der Waals surface area contributed by atoms with E-state index >= 15 is 0 Å². The highest BCUT2D eigenvalue weighted by molar-refractivity contribution is 9.10. The molecule has 0 saturated carbocycles. The highest BCUT2D eigenvalue weighted by Gasteiger charge is 2.22. The van der Waals surface area contributed by atoms with Gasteiger partial charge < -0.3 is 10.5 Å². The summed E-state index contributed by atoms with van der Waals surface area (Å²) in [5, 5.41) is 0. The molecule has 0 radical (unpaired) electrons. The zero-order valence-electron chi connectivity index (χ0n) is 10.2. The normalized spacial score (nSPS) is 11.6. The molecule has 2 nitrogen and oxygen atoms in total. The van der Waals surface area contributed by atoms with Gasteiger partial charge in [-0.1, -0.05) is 35.8 Å². The Morgan fingerprint density at radius 2 is 2.06 bits per heavy atom. The fraction of sp³-hybridized carbons (Fsp3) is 0.538. The highest BCUT2D eigenvalue weighted by atomic mass is 79.9. The van der Waals surface area contributed by atoms with Crippen LogP contribution in [-0.2, 0) is 5.41 Å². The van der Waals surface area contributed by atoms with E-state index in [1.54, 1.807) is 0 Å². The summed E-state index contributed by atoms with van der Waals surface area (Å²) >= 11 is 3.60. The van der Waals surface area contributed by atoms with E-state index in [9.17, 15) is 0 Å². The second-order valence-corrected chi connectivity index (χ2v) is 5.35. The summed E-state index contributed by atoms with van der Waals surface area (Å²) in [7, 11) is 0. The van der Waals surface area contributed by atoms with E-state index in [1.165, 1.54) is 5.56 Å². The second kappa shape index (κ2) is 5.69. The predicted molar refractivity (Wildman–Crippen MR) is 72.0 cm³/mol. The largest absolute Gasteiger partial charge is 0.494 e. The number of benzene rings is 1. The summed E-state index contributed by atoms with van der Waals surface area (Å²) in [6.45, 7) is 7.80. The van der Waals surface area contributed by atoms with Crippen molar-refractivity contribution in [1.29, 1.82) is 0 Å². The summed E-state index contributed by atoms with van der Waals surface area (Å²) in [4.78, 5) is 0. The van der Waals surface area contributed by atoms with Crippen molar-refractivity contribution in [3.05, 3.63) is 28.2 Å². The van der Waals surface area contributed by atoms with Crippen LogP contribution in [0.1, 0.15) is 32.8 Å². The monoisotopic (exact) mass is 285 g/mol. The SMILES string of the molecule is CCOc1ccc(C(C)(C)CCN)c(Br)c1. The first-order valence-electron chi connectivity index (χ1n) is 5.64. The number of ether oxygens (including phenoxy) is 1. The Balaban J connectivity index is 2.98. The molecular weight excluding hydrogens is 266 g/mol. The van der Waals surface area contributed by atoms with Crippen LogP contribution in [0, 0.1) is 0 Å². The first-order chi connectivity index (χ1) is 7.51. The van der Waals surface area contributed by atoms with Gasteiger partial charge in [0.05, 0.1) is 6.61 Å². The molecule has 16 heavy (non-hydrogen) atoms. The molecule has 1 aromatic rings. The van der Waals surface area contributed by atoms with Crippen LogP contribution in [0.2, 0.25) is 0 Å². The maximum Gasteiger partial charge on any atom is 0.120 e. The van der Waals surface area contributed by atoms with Crippen LogP contribution in [0.3, 0.4) is 0 Å². The van der Waals surface area contributed by atoms with Gasteiger partial charge in [-0.2, -0.15) is 0 Å². The van der Waals surface area contributed by atoms with Crippen molar-refractivity contribution in [1.82, 2.24) is 0 Å². The fourth-order valence-electron chi connectivity index (χ4n) is 1.80. The number of nitrogens with two attached hydrogens (primary N) is 1. The van der Waals surface area contributed by atoms with E-state index < -0.39 is 0 Å². The zero-order valence-corrected chi connectivity index (χ0v) is 11.8. The van der Waals surface area contributed by atoms with Gasteiger partial charge in [-0.15, -0.1) is 0 Å². The molecule has 0 saturated heterocycles. The van der Waals surface area contributed by atoms with Gasteiger partial charge in [0, 0.05) is 4.47 Å². The molecule has 3 heteroatoms. The van der Waals surface area contributed by atoms with Crippen molar-refractivity contribution in [2.45, 2.75) is 32.6 Å². The third-order valence-corrected chi connectivity index (χ3v) is 3.41. The van der Waals surface area contributed by atoms with Crippen molar-refractivity contribution in [2.24, 2.45) is 5.73 Å². The Bertz CT molecular complexity index is 350. The maximum absolute atomic E-state index is 5.64. The van der Waals surface area contributed by atoms with Crippen molar-refractivity contribution < 1.29 is 4.74 Å². The van der Waals surface area contributed by atoms with Crippen LogP contribution in [-0.4, -0.2) is 13.2 Å². The topological polar surface area (TPSA) is 35.2 Å². The third kappa shape index (κ3) is 3.22. The van der Waals surface area contributed by atoms with Gasteiger partial charge in [0.2, 0.25) is 0 Å². The Morgan fingerprint density at radius 1 is 1.38 bits per heavy atom. The Morgan fingerprint density at radius 3 is 2.56 bits per heavy atom. The summed E-state index contributed by atoms with van der Waals surface area (Å²) in [6.07, 6.45) is 0.972. The van der Waals surface area contributed by atoms with Crippen molar-refractivity contribution in [3.8, 4) is 5.75 Å².